The molecule has 1 N–H and O–H groups in total. The molecule has 1 atom stereocenters. The minimum atomic E-state index is -0.302. The lowest BCUT2D eigenvalue weighted by molar-refractivity contribution is -0.671. The minimum absolute atomic E-state index is 0.113. The van der Waals surface area contributed by atoms with Gasteiger partial charge in [-0.1, -0.05) is 41.0 Å². The van der Waals surface area contributed by atoms with E-state index in [-0.39, 0.29) is 23.1 Å². The van der Waals surface area contributed by atoms with Crippen molar-refractivity contribution in [2.75, 3.05) is 0 Å². The van der Waals surface area contributed by atoms with Crippen molar-refractivity contribution in [3.05, 3.63) is 80.1 Å². The van der Waals surface area contributed by atoms with Crippen molar-refractivity contribution in [2.45, 2.75) is 26.0 Å². The van der Waals surface area contributed by atoms with Crippen molar-refractivity contribution in [2.24, 2.45) is 5.16 Å². The Morgan fingerprint density at radius 1 is 1.32 bits per heavy atom. The first-order valence-corrected chi connectivity index (χ1v) is 10.9. The Balaban J connectivity index is 1.68. The van der Waals surface area contributed by atoms with E-state index in [1.54, 1.807) is 29.1 Å². The molecule has 1 aliphatic rings. The highest BCUT2D eigenvalue weighted by Gasteiger charge is 2.27. The van der Waals surface area contributed by atoms with Crippen LogP contribution in [0.25, 0.3) is 16.8 Å². The summed E-state index contributed by atoms with van der Waals surface area (Å²) in [6.07, 6.45) is 3.86. The highest BCUT2D eigenvalue weighted by atomic mass is 35.5. The third kappa shape index (κ3) is 3.58. The Bertz CT molecular complexity index is 1400. The summed E-state index contributed by atoms with van der Waals surface area (Å²) in [6.45, 7) is 2.25. The van der Waals surface area contributed by atoms with Crippen LogP contribution in [0.1, 0.15) is 29.9 Å². The molecule has 0 bridgehead atoms. The topological polar surface area (TPSA) is 80.1 Å². The van der Waals surface area contributed by atoms with Crippen LogP contribution in [0.15, 0.2) is 64.8 Å². The van der Waals surface area contributed by atoms with Crippen LogP contribution in [0.4, 0.5) is 0 Å². The Kier molecular flexibility index (Phi) is 4.95. The molecule has 0 amide bonds. The average Bonchev–Trinajstić information content (AvgIpc) is 3.39. The highest BCUT2D eigenvalue weighted by Crippen LogP contribution is 2.31. The van der Waals surface area contributed by atoms with Gasteiger partial charge in [0.05, 0.1) is 16.8 Å². The fraction of sp³-hybridized carbons (Fsp3) is 0.182. The number of hydrogen-bond acceptors (Lipinski definition) is 6. The predicted octanol–water partition coefficient (Wildman–Crippen LogP) is 3.96. The van der Waals surface area contributed by atoms with E-state index >= 15 is 0 Å². The molecule has 1 aromatic carbocycles. The number of aromatic nitrogens is 3. The molecule has 156 valence electrons. The Hall–Kier alpha value is -3.23. The van der Waals surface area contributed by atoms with E-state index in [4.69, 9.17) is 16.4 Å². The molecule has 0 aliphatic carbocycles. The lowest BCUT2D eigenvalue weighted by Crippen LogP contribution is -2.41. The lowest BCUT2D eigenvalue weighted by Gasteiger charge is -2.12. The van der Waals surface area contributed by atoms with Crippen molar-refractivity contribution in [3.63, 3.8) is 0 Å². The van der Waals surface area contributed by atoms with E-state index in [0.29, 0.717) is 28.6 Å². The fourth-order valence-electron chi connectivity index (χ4n) is 3.78. The normalized spacial score (nSPS) is 15.8. The van der Waals surface area contributed by atoms with Gasteiger partial charge in [0.15, 0.2) is 16.1 Å². The molecular weight excluding hydrogens is 436 g/mol. The monoisotopic (exact) mass is 453 g/mol. The van der Waals surface area contributed by atoms with Gasteiger partial charge in [-0.2, -0.15) is 8.97 Å². The van der Waals surface area contributed by atoms with Gasteiger partial charge < -0.3 is 9.94 Å². The molecule has 3 aromatic heterocycles. The molecule has 9 heteroatoms. The van der Waals surface area contributed by atoms with E-state index in [2.05, 4.69) is 10.1 Å². The van der Waals surface area contributed by atoms with Gasteiger partial charge in [-0.05, 0) is 30.2 Å². The summed E-state index contributed by atoms with van der Waals surface area (Å²) in [5, 5.41) is 15.3. The lowest BCUT2D eigenvalue weighted by atomic mass is 9.99. The number of aromatic hydroxyl groups is 1. The molecule has 1 unspecified atom stereocenters. The van der Waals surface area contributed by atoms with Crippen molar-refractivity contribution in [3.8, 4) is 17.0 Å². The molecule has 0 spiro atoms. The number of halogens is 1. The molecule has 0 saturated heterocycles. The van der Waals surface area contributed by atoms with Crippen LogP contribution in [0.5, 0.6) is 5.88 Å². The number of hydrogen-bond donors (Lipinski definition) is 1. The van der Waals surface area contributed by atoms with Gasteiger partial charge in [0, 0.05) is 18.7 Å². The second-order valence-corrected chi connectivity index (χ2v) is 9.05. The van der Waals surface area contributed by atoms with Gasteiger partial charge in [0.1, 0.15) is 6.54 Å². The van der Waals surface area contributed by atoms with Gasteiger partial charge >= 0.3 is 5.56 Å². The number of thiazole rings is 1. The first kappa shape index (κ1) is 19.7. The first-order chi connectivity index (χ1) is 15.0. The molecule has 0 fully saturated rings. The van der Waals surface area contributed by atoms with Gasteiger partial charge in [0.2, 0.25) is 0 Å². The maximum absolute atomic E-state index is 13.3. The molecule has 0 radical (unpaired) electrons. The summed E-state index contributed by atoms with van der Waals surface area (Å²) in [5.41, 5.74) is 2.92. The summed E-state index contributed by atoms with van der Waals surface area (Å²) in [5.74, 6) is -0.113. The van der Waals surface area contributed by atoms with Crippen molar-refractivity contribution < 1.29 is 14.5 Å². The SMILES string of the molecule is CC1=NOC(c2cccc(-c3c(O)[n+](Cc4cnc(Cl)s4)c4ccccn4c3=O)c2)C1. The third-order valence-electron chi connectivity index (χ3n) is 5.23. The highest BCUT2D eigenvalue weighted by molar-refractivity contribution is 7.15. The predicted molar refractivity (Wildman–Crippen MR) is 119 cm³/mol. The zero-order chi connectivity index (χ0) is 21.5. The van der Waals surface area contributed by atoms with E-state index < -0.39 is 0 Å². The molecular formula is C22H18ClN4O3S+. The number of pyridine rings is 1. The largest absolute Gasteiger partial charge is 0.477 e. The van der Waals surface area contributed by atoms with Gasteiger partial charge in [0.25, 0.3) is 11.5 Å². The Labute approximate surface area is 186 Å². The molecule has 0 saturated carbocycles. The zero-order valence-electron chi connectivity index (χ0n) is 16.5. The number of nitrogens with zero attached hydrogens (tertiary/aromatic N) is 4. The van der Waals surface area contributed by atoms with E-state index in [1.807, 2.05) is 37.3 Å². The van der Waals surface area contributed by atoms with Crippen LogP contribution in [0.2, 0.25) is 4.47 Å². The standard InChI is InChI=1S/C22H17ClN4O3S/c1-13-9-17(30-25-13)14-5-4-6-15(10-14)19-20(28)26-8-3-2-7-18(26)27(21(19)29)12-16-11-24-22(23)31-16/h2-8,10-11,17H,9,12H2,1H3/p+1. The third-order valence-corrected chi connectivity index (χ3v) is 6.33. The van der Waals surface area contributed by atoms with E-state index in [0.717, 1.165) is 16.2 Å². The Morgan fingerprint density at radius 2 is 2.19 bits per heavy atom. The summed E-state index contributed by atoms with van der Waals surface area (Å²) < 4.78 is 3.64. The second-order valence-electron chi connectivity index (χ2n) is 7.35. The van der Waals surface area contributed by atoms with Crippen LogP contribution in [0, 0.1) is 0 Å². The number of benzene rings is 1. The molecule has 4 heterocycles. The average molecular weight is 454 g/mol. The van der Waals surface area contributed by atoms with E-state index in [1.165, 1.54) is 15.7 Å². The number of rotatable bonds is 4. The summed E-state index contributed by atoms with van der Waals surface area (Å²) >= 11 is 7.32. The van der Waals surface area contributed by atoms with Crippen LogP contribution in [0.3, 0.4) is 0 Å². The maximum atomic E-state index is 13.3. The molecule has 31 heavy (non-hydrogen) atoms. The van der Waals surface area contributed by atoms with Crippen molar-refractivity contribution in [1.29, 1.82) is 0 Å². The quantitative estimate of drug-likeness (QED) is 0.474. The van der Waals surface area contributed by atoms with Gasteiger partial charge in [-0.15, -0.1) is 11.3 Å². The Morgan fingerprint density at radius 3 is 2.94 bits per heavy atom. The molecule has 1 aliphatic heterocycles. The van der Waals surface area contributed by atoms with Crippen LogP contribution in [-0.4, -0.2) is 20.2 Å². The maximum Gasteiger partial charge on any atom is 0.354 e. The second kappa shape index (κ2) is 7.79. The molecule has 5 rings (SSSR count). The molecule has 7 nitrogen and oxygen atoms in total. The van der Waals surface area contributed by atoms with Gasteiger partial charge in [-0.25, -0.2) is 9.78 Å². The number of oxime groups is 1. The zero-order valence-corrected chi connectivity index (χ0v) is 18.1. The van der Waals surface area contributed by atoms with Gasteiger partial charge in [-0.3, -0.25) is 0 Å². The van der Waals surface area contributed by atoms with E-state index in [9.17, 15) is 9.90 Å². The summed E-state index contributed by atoms with van der Waals surface area (Å²) in [4.78, 5) is 23.8. The number of fused-ring (bicyclic) bond motifs is 1. The van der Waals surface area contributed by atoms with Crippen molar-refractivity contribution in [1.82, 2.24) is 9.38 Å². The van der Waals surface area contributed by atoms with Crippen LogP contribution < -0.4 is 10.1 Å². The smallest absolute Gasteiger partial charge is 0.354 e. The van der Waals surface area contributed by atoms with Crippen LogP contribution in [-0.2, 0) is 11.4 Å². The fourth-order valence-corrected chi connectivity index (χ4v) is 4.74. The molecule has 4 aromatic rings. The minimum Gasteiger partial charge on any atom is -0.477 e. The first-order valence-electron chi connectivity index (χ1n) is 9.67. The summed E-state index contributed by atoms with van der Waals surface area (Å²) in [6, 6.07) is 12.9. The van der Waals surface area contributed by atoms with Crippen molar-refractivity contribution >= 4 is 34.3 Å². The summed E-state index contributed by atoms with van der Waals surface area (Å²) in [7, 11) is 0. The van der Waals surface area contributed by atoms with Crippen LogP contribution >= 0.6 is 22.9 Å².